The Labute approximate surface area is 120 Å². The molecule has 108 valence electrons. The summed E-state index contributed by atoms with van der Waals surface area (Å²) in [5.74, 6) is -1.28. The molecular weight excluding hydrogens is 288 g/mol. The average Bonchev–Trinajstić information content (AvgIpc) is 2.37. The summed E-state index contributed by atoms with van der Waals surface area (Å²) in [7, 11) is 1.35. The van der Waals surface area contributed by atoms with Crippen LogP contribution in [0.3, 0.4) is 0 Å². The second-order valence-electron chi connectivity index (χ2n) is 3.82. The molecule has 0 radical (unpaired) electrons. The van der Waals surface area contributed by atoms with Crippen molar-refractivity contribution < 1.29 is 19.2 Å². The average molecular weight is 301 g/mol. The molecule has 0 aromatic heterocycles. The largest absolute Gasteiger partial charge is 0.466 e. The third-order valence-electron chi connectivity index (χ3n) is 2.47. The van der Waals surface area contributed by atoms with Crippen LogP contribution in [0.25, 0.3) is 0 Å². The van der Waals surface area contributed by atoms with Crippen LogP contribution in [-0.4, -0.2) is 30.5 Å². The molecule has 1 amide bonds. The van der Waals surface area contributed by atoms with Gasteiger partial charge in [0, 0.05) is 18.1 Å². The molecule has 0 aliphatic carbocycles. The number of ether oxygens (including phenoxy) is 1. The summed E-state index contributed by atoms with van der Waals surface area (Å²) in [6.07, 6.45) is -0.482. The minimum absolute atomic E-state index is 0.0636. The van der Waals surface area contributed by atoms with Crippen molar-refractivity contribution in [3.05, 3.63) is 33.3 Å². The monoisotopic (exact) mass is 300 g/mol. The first-order valence-corrected chi connectivity index (χ1v) is 6.10. The Morgan fingerprint density at radius 1 is 1.45 bits per heavy atom. The number of halogens is 1. The van der Waals surface area contributed by atoms with Crippen LogP contribution in [0.4, 0.5) is 11.4 Å². The molecule has 20 heavy (non-hydrogen) atoms. The summed E-state index contributed by atoms with van der Waals surface area (Å²) in [4.78, 5) is 34.4. The van der Waals surface area contributed by atoms with E-state index >= 15 is 0 Å². The van der Waals surface area contributed by atoms with Crippen LogP contribution in [0.1, 0.15) is 13.3 Å². The van der Waals surface area contributed by atoms with Crippen molar-refractivity contribution in [3.8, 4) is 0 Å². The molecule has 0 saturated heterocycles. The van der Waals surface area contributed by atoms with Gasteiger partial charge in [-0.25, -0.2) is 0 Å². The van der Waals surface area contributed by atoms with Crippen LogP contribution in [0.15, 0.2) is 18.2 Å². The van der Waals surface area contributed by atoms with Crippen molar-refractivity contribution in [2.45, 2.75) is 13.3 Å². The summed E-state index contributed by atoms with van der Waals surface area (Å²) in [5, 5.41) is 11.1. The van der Waals surface area contributed by atoms with Gasteiger partial charge in [0.1, 0.15) is 12.1 Å². The minimum Gasteiger partial charge on any atom is -0.466 e. The van der Waals surface area contributed by atoms with Crippen molar-refractivity contribution in [3.63, 3.8) is 0 Å². The van der Waals surface area contributed by atoms with E-state index in [1.54, 1.807) is 6.92 Å². The number of anilines is 1. The number of esters is 1. The number of nitro benzene ring substituents is 1. The Kier molecular flexibility index (Phi) is 5.45. The molecule has 7 nitrogen and oxygen atoms in total. The fraction of sp³-hybridized carbons (Fsp3) is 0.333. The van der Waals surface area contributed by atoms with Crippen molar-refractivity contribution in [1.82, 2.24) is 0 Å². The van der Waals surface area contributed by atoms with E-state index in [1.807, 2.05) is 0 Å². The maximum absolute atomic E-state index is 11.9. The van der Waals surface area contributed by atoms with Crippen molar-refractivity contribution in [2.24, 2.45) is 0 Å². The zero-order chi connectivity index (χ0) is 15.3. The van der Waals surface area contributed by atoms with Gasteiger partial charge in [-0.05, 0) is 19.1 Å². The highest BCUT2D eigenvalue weighted by atomic mass is 35.5. The molecule has 1 rings (SSSR count). The van der Waals surface area contributed by atoms with Gasteiger partial charge in [0.25, 0.3) is 5.69 Å². The van der Waals surface area contributed by atoms with Gasteiger partial charge >= 0.3 is 5.97 Å². The molecule has 0 aliphatic heterocycles. The molecule has 0 aliphatic rings. The maximum atomic E-state index is 11.9. The third kappa shape index (κ3) is 3.92. The number of amides is 1. The lowest BCUT2D eigenvalue weighted by atomic mass is 10.2. The first-order valence-electron chi connectivity index (χ1n) is 5.73. The minimum atomic E-state index is -0.680. The molecule has 1 aromatic rings. The fourth-order valence-corrected chi connectivity index (χ4v) is 1.68. The van der Waals surface area contributed by atoms with E-state index < -0.39 is 23.2 Å². The van der Waals surface area contributed by atoms with E-state index in [0.717, 1.165) is 11.0 Å². The Morgan fingerprint density at radius 3 is 2.65 bits per heavy atom. The SMILES string of the molecule is CCOC(=O)CC(=O)N(C)c1ccc(Cl)cc1[N+](=O)[O-]. The van der Waals surface area contributed by atoms with Crippen LogP contribution in [0.2, 0.25) is 5.02 Å². The van der Waals surface area contributed by atoms with E-state index in [2.05, 4.69) is 4.74 Å². The number of carbonyl (C=O) groups excluding carboxylic acids is 2. The van der Waals surface area contributed by atoms with Gasteiger partial charge in [0.2, 0.25) is 5.91 Å². The lowest BCUT2D eigenvalue weighted by Gasteiger charge is -2.16. The van der Waals surface area contributed by atoms with E-state index in [9.17, 15) is 19.7 Å². The van der Waals surface area contributed by atoms with E-state index in [1.165, 1.54) is 19.2 Å². The van der Waals surface area contributed by atoms with Gasteiger partial charge in [-0.15, -0.1) is 0 Å². The van der Waals surface area contributed by atoms with Crippen molar-refractivity contribution >= 4 is 34.9 Å². The molecule has 0 saturated carbocycles. The standard InChI is InChI=1S/C12H13ClN2O5/c1-3-20-12(17)7-11(16)14(2)9-5-4-8(13)6-10(9)15(18)19/h4-6H,3,7H2,1-2H3. The Bertz CT molecular complexity index is 547. The molecule has 0 unspecified atom stereocenters. The predicted molar refractivity (Wildman–Crippen MR) is 72.8 cm³/mol. The Morgan fingerprint density at radius 2 is 2.10 bits per heavy atom. The molecule has 0 bridgehead atoms. The van der Waals surface area contributed by atoms with Crippen LogP contribution < -0.4 is 4.90 Å². The molecular formula is C12H13ClN2O5. The molecule has 1 aromatic carbocycles. The number of hydrogen-bond donors (Lipinski definition) is 0. The van der Waals surface area contributed by atoms with Gasteiger partial charge in [0.05, 0.1) is 11.5 Å². The van der Waals surface area contributed by atoms with E-state index in [0.29, 0.717) is 0 Å². The second-order valence-corrected chi connectivity index (χ2v) is 4.26. The van der Waals surface area contributed by atoms with E-state index in [-0.39, 0.29) is 23.0 Å². The van der Waals surface area contributed by atoms with Gasteiger partial charge in [-0.2, -0.15) is 0 Å². The highest BCUT2D eigenvalue weighted by Crippen LogP contribution is 2.30. The summed E-state index contributed by atoms with van der Waals surface area (Å²) in [6, 6.07) is 3.92. The lowest BCUT2D eigenvalue weighted by Crippen LogP contribution is -2.29. The molecule has 0 spiro atoms. The molecule has 8 heteroatoms. The van der Waals surface area contributed by atoms with Crippen molar-refractivity contribution in [1.29, 1.82) is 0 Å². The third-order valence-corrected chi connectivity index (χ3v) is 2.71. The topological polar surface area (TPSA) is 89.8 Å². The van der Waals surface area contributed by atoms with Crippen molar-refractivity contribution in [2.75, 3.05) is 18.6 Å². The van der Waals surface area contributed by atoms with Crippen LogP contribution >= 0.6 is 11.6 Å². The van der Waals surface area contributed by atoms with Gasteiger partial charge < -0.3 is 9.64 Å². The summed E-state index contributed by atoms with van der Waals surface area (Å²) >= 11 is 5.69. The van der Waals surface area contributed by atoms with Gasteiger partial charge in [0.15, 0.2) is 0 Å². The highest BCUT2D eigenvalue weighted by molar-refractivity contribution is 6.31. The molecule has 0 fully saturated rings. The quantitative estimate of drug-likeness (QED) is 0.360. The first kappa shape index (κ1) is 15.9. The number of nitro groups is 1. The zero-order valence-electron chi connectivity index (χ0n) is 11.0. The number of nitrogens with zero attached hydrogens (tertiary/aromatic N) is 2. The highest BCUT2D eigenvalue weighted by Gasteiger charge is 2.23. The Hall–Kier alpha value is -2.15. The first-order chi connectivity index (χ1) is 9.36. The summed E-state index contributed by atoms with van der Waals surface area (Å²) in [5.41, 5.74) is -0.245. The fourth-order valence-electron chi connectivity index (χ4n) is 1.51. The molecule has 0 heterocycles. The normalized spacial score (nSPS) is 9.95. The maximum Gasteiger partial charge on any atom is 0.315 e. The molecule has 0 atom stereocenters. The summed E-state index contributed by atoms with van der Waals surface area (Å²) in [6.45, 7) is 1.78. The molecule has 0 N–H and O–H groups in total. The zero-order valence-corrected chi connectivity index (χ0v) is 11.7. The predicted octanol–water partition coefficient (Wildman–Crippen LogP) is 2.16. The van der Waals surface area contributed by atoms with Gasteiger partial charge in [-0.3, -0.25) is 19.7 Å². The van der Waals surface area contributed by atoms with Crippen LogP contribution in [0, 0.1) is 10.1 Å². The summed E-state index contributed by atoms with van der Waals surface area (Å²) < 4.78 is 4.65. The number of hydrogen-bond acceptors (Lipinski definition) is 5. The number of rotatable bonds is 5. The van der Waals surface area contributed by atoms with Crippen LogP contribution in [-0.2, 0) is 14.3 Å². The van der Waals surface area contributed by atoms with E-state index in [4.69, 9.17) is 11.6 Å². The smallest absolute Gasteiger partial charge is 0.315 e. The van der Waals surface area contributed by atoms with Gasteiger partial charge in [-0.1, -0.05) is 11.6 Å². The number of benzene rings is 1. The second kappa shape index (κ2) is 6.85. The Balaban J connectivity index is 2.97. The number of carbonyl (C=O) groups is 2. The van der Waals surface area contributed by atoms with Crippen LogP contribution in [0.5, 0.6) is 0 Å². The lowest BCUT2D eigenvalue weighted by molar-refractivity contribution is -0.384.